The Balaban J connectivity index is 2.45. The normalized spacial score (nSPS) is 10.5. The molecule has 2 rings (SSSR count). The van der Waals surface area contributed by atoms with Crippen molar-refractivity contribution in [3.63, 3.8) is 0 Å². The van der Waals surface area contributed by atoms with Gasteiger partial charge in [0.05, 0.1) is 5.69 Å². The molecule has 0 aliphatic heterocycles. The minimum absolute atomic E-state index is 0.672. The fraction of sp³-hybridized carbons (Fsp3) is 0.300. The van der Waals surface area contributed by atoms with Gasteiger partial charge in [-0.05, 0) is 13.8 Å². The fourth-order valence-corrected chi connectivity index (χ4v) is 1.43. The molecule has 5 nitrogen and oxygen atoms in total. The Morgan fingerprint density at radius 2 is 2.13 bits per heavy atom. The fourth-order valence-electron chi connectivity index (χ4n) is 1.43. The van der Waals surface area contributed by atoms with Crippen LogP contribution < -0.4 is 5.32 Å². The number of hydrogen-bond acceptors (Lipinski definition) is 4. The molecule has 78 valence electrons. The third-order valence-corrected chi connectivity index (χ3v) is 2.06. The van der Waals surface area contributed by atoms with E-state index in [1.54, 1.807) is 6.08 Å². The summed E-state index contributed by atoms with van der Waals surface area (Å²) in [5, 5.41) is 3.08. The highest BCUT2D eigenvalue weighted by Gasteiger charge is 2.07. The van der Waals surface area contributed by atoms with Gasteiger partial charge in [-0.1, -0.05) is 6.08 Å². The lowest BCUT2D eigenvalue weighted by molar-refractivity contribution is 1.04. The second-order valence-electron chi connectivity index (χ2n) is 3.31. The smallest absolute Gasteiger partial charge is 0.203 e. The Morgan fingerprint density at radius 3 is 2.87 bits per heavy atom. The predicted octanol–water partition coefficient (Wildman–Crippen LogP) is 1.57. The van der Waals surface area contributed by atoms with E-state index in [4.69, 9.17) is 0 Å². The standard InChI is InChI=1S/C10H13N5/c1-4-5-11-10-14-8-6(2)12-7(3)13-9(8)15-10/h4H,1,5H2,2-3H3,(H2,11,12,13,14,15). The van der Waals surface area contributed by atoms with Gasteiger partial charge in [-0.25, -0.2) is 9.97 Å². The van der Waals surface area contributed by atoms with E-state index < -0.39 is 0 Å². The predicted molar refractivity (Wildman–Crippen MR) is 59.8 cm³/mol. The Kier molecular flexibility index (Phi) is 2.37. The number of fused-ring (bicyclic) bond motifs is 1. The molecule has 0 saturated carbocycles. The first-order chi connectivity index (χ1) is 7.20. The van der Waals surface area contributed by atoms with Crippen LogP contribution in [0.1, 0.15) is 11.5 Å². The van der Waals surface area contributed by atoms with E-state index >= 15 is 0 Å². The van der Waals surface area contributed by atoms with Crippen molar-refractivity contribution in [1.82, 2.24) is 19.9 Å². The van der Waals surface area contributed by atoms with Gasteiger partial charge < -0.3 is 10.3 Å². The van der Waals surface area contributed by atoms with E-state index in [0.717, 1.165) is 17.0 Å². The van der Waals surface area contributed by atoms with Crippen molar-refractivity contribution in [3.05, 3.63) is 24.2 Å². The molecule has 0 atom stereocenters. The number of aromatic amines is 1. The first-order valence-corrected chi connectivity index (χ1v) is 4.76. The average Bonchev–Trinajstić information content (AvgIpc) is 2.57. The zero-order valence-corrected chi connectivity index (χ0v) is 8.83. The van der Waals surface area contributed by atoms with E-state index in [0.29, 0.717) is 18.1 Å². The van der Waals surface area contributed by atoms with Gasteiger partial charge in [-0.3, -0.25) is 0 Å². The van der Waals surface area contributed by atoms with Crippen LogP contribution in [0.25, 0.3) is 11.2 Å². The monoisotopic (exact) mass is 203 g/mol. The van der Waals surface area contributed by atoms with Crippen LogP contribution in [0.4, 0.5) is 5.95 Å². The van der Waals surface area contributed by atoms with Gasteiger partial charge in [0, 0.05) is 6.54 Å². The summed E-state index contributed by atoms with van der Waals surface area (Å²) in [7, 11) is 0. The summed E-state index contributed by atoms with van der Waals surface area (Å²) in [4.78, 5) is 15.9. The van der Waals surface area contributed by atoms with Crippen LogP contribution in [0.3, 0.4) is 0 Å². The van der Waals surface area contributed by atoms with E-state index in [1.807, 2.05) is 13.8 Å². The molecule has 0 amide bonds. The Labute approximate surface area is 87.7 Å². The number of nitrogens with one attached hydrogen (secondary N) is 2. The zero-order valence-electron chi connectivity index (χ0n) is 8.83. The maximum absolute atomic E-state index is 4.31. The maximum atomic E-state index is 4.31. The van der Waals surface area contributed by atoms with Gasteiger partial charge in [0.1, 0.15) is 11.3 Å². The lowest BCUT2D eigenvalue weighted by Gasteiger charge is -1.95. The van der Waals surface area contributed by atoms with Gasteiger partial charge in [-0.15, -0.1) is 6.58 Å². The molecule has 2 heterocycles. The van der Waals surface area contributed by atoms with Gasteiger partial charge in [0.15, 0.2) is 5.65 Å². The van der Waals surface area contributed by atoms with Crippen LogP contribution in [0.2, 0.25) is 0 Å². The second-order valence-corrected chi connectivity index (χ2v) is 3.31. The van der Waals surface area contributed by atoms with E-state index in [2.05, 4.69) is 31.8 Å². The number of aryl methyl sites for hydroxylation is 2. The van der Waals surface area contributed by atoms with E-state index in [1.165, 1.54) is 0 Å². The molecule has 0 radical (unpaired) electrons. The van der Waals surface area contributed by atoms with Crippen molar-refractivity contribution in [2.75, 3.05) is 11.9 Å². The SMILES string of the molecule is C=CCNc1nc2nc(C)nc(C)c2[nH]1. The summed E-state index contributed by atoms with van der Waals surface area (Å²) in [6.45, 7) is 8.10. The lowest BCUT2D eigenvalue weighted by Crippen LogP contribution is -1.98. The molecule has 15 heavy (non-hydrogen) atoms. The molecule has 0 aliphatic carbocycles. The third kappa shape index (κ3) is 1.81. The largest absolute Gasteiger partial charge is 0.352 e. The Morgan fingerprint density at radius 1 is 1.33 bits per heavy atom. The summed E-state index contributed by atoms with van der Waals surface area (Å²) in [5.74, 6) is 1.44. The van der Waals surface area contributed by atoms with Crippen LogP contribution in [0.5, 0.6) is 0 Å². The number of hydrogen-bond donors (Lipinski definition) is 2. The molecular weight excluding hydrogens is 190 g/mol. The van der Waals surface area contributed by atoms with Crippen molar-refractivity contribution in [2.45, 2.75) is 13.8 Å². The quantitative estimate of drug-likeness (QED) is 0.743. The number of imidazole rings is 1. The molecule has 0 spiro atoms. The minimum Gasteiger partial charge on any atom is -0.352 e. The molecular formula is C10H13N5. The van der Waals surface area contributed by atoms with Gasteiger partial charge in [0.2, 0.25) is 5.95 Å². The summed E-state index contributed by atoms with van der Waals surface area (Å²) in [6, 6.07) is 0. The van der Waals surface area contributed by atoms with E-state index in [9.17, 15) is 0 Å². The van der Waals surface area contributed by atoms with Crippen molar-refractivity contribution < 1.29 is 0 Å². The summed E-state index contributed by atoms with van der Waals surface area (Å²) in [5.41, 5.74) is 2.50. The van der Waals surface area contributed by atoms with Crippen LogP contribution in [0, 0.1) is 13.8 Å². The average molecular weight is 203 g/mol. The van der Waals surface area contributed by atoms with Crippen LogP contribution in [-0.2, 0) is 0 Å². The van der Waals surface area contributed by atoms with Gasteiger partial charge in [0.25, 0.3) is 0 Å². The molecule has 0 bridgehead atoms. The van der Waals surface area contributed by atoms with Gasteiger partial charge >= 0.3 is 0 Å². The summed E-state index contributed by atoms with van der Waals surface area (Å²) < 4.78 is 0. The first kappa shape index (κ1) is 9.64. The minimum atomic E-state index is 0.672. The first-order valence-electron chi connectivity index (χ1n) is 4.76. The lowest BCUT2D eigenvalue weighted by atomic mass is 10.4. The highest BCUT2D eigenvalue weighted by atomic mass is 15.1. The molecule has 2 N–H and O–H groups in total. The topological polar surface area (TPSA) is 66.5 Å². The number of aromatic nitrogens is 4. The van der Waals surface area contributed by atoms with Crippen LogP contribution in [-0.4, -0.2) is 26.5 Å². The summed E-state index contributed by atoms with van der Waals surface area (Å²) in [6.07, 6.45) is 1.77. The maximum Gasteiger partial charge on any atom is 0.203 e. The molecule has 0 aromatic carbocycles. The van der Waals surface area contributed by atoms with E-state index in [-0.39, 0.29) is 0 Å². The van der Waals surface area contributed by atoms with Crippen molar-refractivity contribution in [1.29, 1.82) is 0 Å². The number of anilines is 1. The van der Waals surface area contributed by atoms with Crippen molar-refractivity contribution >= 4 is 17.1 Å². The highest BCUT2D eigenvalue weighted by Crippen LogP contribution is 2.14. The Bertz CT molecular complexity index is 500. The second kappa shape index (κ2) is 3.68. The zero-order chi connectivity index (χ0) is 10.8. The molecule has 0 saturated heterocycles. The van der Waals surface area contributed by atoms with Crippen LogP contribution in [0.15, 0.2) is 12.7 Å². The third-order valence-electron chi connectivity index (χ3n) is 2.06. The molecule has 2 aromatic heterocycles. The number of H-pyrrole nitrogens is 1. The molecule has 0 unspecified atom stereocenters. The number of nitrogens with zero attached hydrogens (tertiary/aromatic N) is 3. The molecule has 5 heteroatoms. The summed E-state index contributed by atoms with van der Waals surface area (Å²) >= 11 is 0. The van der Waals surface area contributed by atoms with Crippen LogP contribution >= 0.6 is 0 Å². The van der Waals surface area contributed by atoms with Crippen molar-refractivity contribution in [2.24, 2.45) is 0 Å². The van der Waals surface area contributed by atoms with Gasteiger partial charge in [-0.2, -0.15) is 4.98 Å². The molecule has 0 aliphatic rings. The number of rotatable bonds is 3. The molecule has 0 fully saturated rings. The Hall–Kier alpha value is -1.91. The van der Waals surface area contributed by atoms with Crippen molar-refractivity contribution in [3.8, 4) is 0 Å². The highest BCUT2D eigenvalue weighted by molar-refractivity contribution is 5.75. The molecule has 2 aromatic rings.